The van der Waals surface area contributed by atoms with Crippen molar-refractivity contribution in [2.45, 2.75) is 13.8 Å². The lowest BCUT2D eigenvalue weighted by Gasteiger charge is -2.14. The van der Waals surface area contributed by atoms with Gasteiger partial charge in [-0.05, 0) is 61.4 Å². The van der Waals surface area contributed by atoms with Crippen molar-refractivity contribution in [1.29, 1.82) is 5.26 Å². The molecule has 9 nitrogen and oxygen atoms in total. The molecule has 0 saturated heterocycles. The second-order valence-electron chi connectivity index (χ2n) is 7.97. The van der Waals surface area contributed by atoms with Gasteiger partial charge in [-0.1, -0.05) is 12.1 Å². The first-order valence-electron chi connectivity index (χ1n) is 10.8. The van der Waals surface area contributed by atoms with Crippen LogP contribution in [0.1, 0.15) is 27.0 Å². The molecule has 35 heavy (non-hydrogen) atoms. The smallest absolute Gasteiger partial charge is 0.255 e. The van der Waals surface area contributed by atoms with Gasteiger partial charge in [0.2, 0.25) is 0 Å². The van der Waals surface area contributed by atoms with Crippen LogP contribution in [0.2, 0.25) is 0 Å². The molecule has 0 saturated carbocycles. The largest absolute Gasteiger partial charge is 0.341 e. The third-order valence-electron chi connectivity index (χ3n) is 5.65. The number of anilines is 3. The van der Waals surface area contributed by atoms with Crippen LogP contribution in [-0.4, -0.2) is 30.8 Å². The standard InChI is InChI=1S/C26H20N8O/c1-15-5-7-17(10-18(15)12-27)26(35)33-19-8-6-16(2)21(11-19)34-24-20(4-3-9-28-24)22-23-25(31-13-29-22)32-14-30-23/h3-11,13-14H,1-2H3,(H,28,34)(H,33,35)(H,29,30,31,32). The van der Waals surface area contributed by atoms with Crippen LogP contribution in [0.15, 0.2) is 67.4 Å². The number of fused-ring (bicyclic) bond motifs is 1. The number of nitrogens with zero attached hydrogens (tertiary/aromatic N) is 5. The molecule has 0 spiro atoms. The fourth-order valence-electron chi connectivity index (χ4n) is 3.71. The SMILES string of the molecule is Cc1ccc(C(=O)Nc2ccc(C)c(Nc3ncccc3-c3ncnc4nc[nH]c34)c2)cc1C#N. The minimum absolute atomic E-state index is 0.294. The van der Waals surface area contributed by atoms with Crippen LogP contribution in [-0.2, 0) is 0 Å². The summed E-state index contributed by atoms with van der Waals surface area (Å²) in [5.41, 5.74) is 6.82. The topological polar surface area (TPSA) is 132 Å². The fraction of sp³-hybridized carbons (Fsp3) is 0.0769. The Bertz CT molecular complexity index is 1620. The van der Waals surface area contributed by atoms with E-state index < -0.39 is 0 Å². The molecule has 170 valence electrons. The van der Waals surface area contributed by atoms with Crippen molar-refractivity contribution in [3.63, 3.8) is 0 Å². The molecule has 0 radical (unpaired) electrons. The Kier molecular flexibility index (Phi) is 5.61. The van der Waals surface area contributed by atoms with Gasteiger partial charge < -0.3 is 15.6 Å². The molecule has 0 bridgehead atoms. The Hall–Kier alpha value is -5.10. The highest BCUT2D eigenvalue weighted by molar-refractivity contribution is 6.05. The molecule has 5 aromatic rings. The molecule has 3 heterocycles. The Morgan fingerprint density at radius 3 is 2.71 bits per heavy atom. The van der Waals surface area contributed by atoms with Crippen LogP contribution in [0.4, 0.5) is 17.2 Å². The van der Waals surface area contributed by atoms with E-state index in [2.05, 4.69) is 41.6 Å². The van der Waals surface area contributed by atoms with E-state index >= 15 is 0 Å². The van der Waals surface area contributed by atoms with Crippen LogP contribution in [0.5, 0.6) is 0 Å². The number of aromatic amines is 1. The number of hydrogen-bond donors (Lipinski definition) is 3. The number of H-pyrrole nitrogens is 1. The van der Waals surface area contributed by atoms with Crippen molar-refractivity contribution in [2.75, 3.05) is 10.6 Å². The number of imidazole rings is 1. The first-order valence-corrected chi connectivity index (χ1v) is 10.8. The third-order valence-corrected chi connectivity index (χ3v) is 5.65. The molecule has 0 aliphatic rings. The predicted octanol–water partition coefficient (Wildman–Crippen LogP) is 4.90. The number of aryl methyl sites for hydroxylation is 2. The lowest BCUT2D eigenvalue weighted by Crippen LogP contribution is -2.12. The van der Waals surface area contributed by atoms with Gasteiger partial charge in [0.05, 0.1) is 18.0 Å². The Labute approximate surface area is 200 Å². The van der Waals surface area contributed by atoms with Crippen LogP contribution < -0.4 is 10.6 Å². The summed E-state index contributed by atoms with van der Waals surface area (Å²) >= 11 is 0. The zero-order valence-corrected chi connectivity index (χ0v) is 19.0. The predicted molar refractivity (Wildman–Crippen MR) is 133 cm³/mol. The second-order valence-corrected chi connectivity index (χ2v) is 7.97. The van der Waals surface area contributed by atoms with E-state index in [1.807, 2.05) is 44.2 Å². The number of benzene rings is 2. The minimum Gasteiger partial charge on any atom is -0.341 e. The van der Waals surface area contributed by atoms with E-state index in [0.717, 1.165) is 27.9 Å². The van der Waals surface area contributed by atoms with E-state index in [0.29, 0.717) is 34.0 Å². The monoisotopic (exact) mass is 460 g/mol. The highest BCUT2D eigenvalue weighted by Crippen LogP contribution is 2.32. The number of pyridine rings is 1. The number of aromatic nitrogens is 5. The molecule has 0 aliphatic heterocycles. The van der Waals surface area contributed by atoms with Gasteiger partial charge in [0.1, 0.15) is 23.4 Å². The van der Waals surface area contributed by atoms with Gasteiger partial charge in [-0.25, -0.2) is 19.9 Å². The lowest BCUT2D eigenvalue weighted by molar-refractivity contribution is 0.102. The van der Waals surface area contributed by atoms with E-state index in [4.69, 9.17) is 0 Å². The molecular formula is C26H20N8O. The maximum Gasteiger partial charge on any atom is 0.255 e. The maximum atomic E-state index is 12.8. The molecular weight excluding hydrogens is 440 g/mol. The molecule has 9 heteroatoms. The van der Waals surface area contributed by atoms with Gasteiger partial charge in [-0.3, -0.25) is 4.79 Å². The lowest BCUT2D eigenvalue weighted by atomic mass is 10.1. The van der Waals surface area contributed by atoms with Gasteiger partial charge in [0.25, 0.3) is 5.91 Å². The van der Waals surface area contributed by atoms with E-state index in [-0.39, 0.29) is 5.91 Å². The summed E-state index contributed by atoms with van der Waals surface area (Å²) < 4.78 is 0. The molecule has 3 N–H and O–H groups in total. The number of carbonyl (C=O) groups excluding carboxylic acids is 1. The summed E-state index contributed by atoms with van der Waals surface area (Å²) in [6.07, 6.45) is 4.75. The summed E-state index contributed by atoms with van der Waals surface area (Å²) in [4.78, 5) is 33.3. The van der Waals surface area contributed by atoms with Crippen molar-refractivity contribution in [3.8, 4) is 17.3 Å². The number of rotatable bonds is 5. The van der Waals surface area contributed by atoms with Crippen molar-refractivity contribution >= 4 is 34.3 Å². The van der Waals surface area contributed by atoms with Crippen LogP contribution in [0, 0.1) is 25.2 Å². The van der Waals surface area contributed by atoms with Gasteiger partial charge in [0.15, 0.2) is 5.65 Å². The average molecular weight is 461 g/mol. The molecule has 3 aromatic heterocycles. The normalized spacial score (nSPS) is 10.7. The first kappa shape index (κ1) is 21.7. The van der Waals surface area contributed by atoms with Crippen molar-refractivity contribution in [3.05, 3.63) is 89.6 Å². The molecule has 0 atom stereocenters. The summed E-state index contributed by atoms with van der Waals surface area (Å²) in [6, 6.07) is 16.5. The van der Waals surface area contributed by atoms with Crippen molar-refractivity contribution < 1.29 is 4.79 Å². The first-order chi connectivity index (χ1) is 17.0. The third kappa shape index (κ3) is 4.28. The maximum absolute atomic E-state index is 12.8. The molecule has 2 aromatic carbocycles. The van der Waals surface area contributed by atoms with Gasteiger partial charge in [0, 0.05) is 28.7 Å². The van der Waals surface area contributed by atoms with Crippen LogP contribution >= 0.6 is 0 Å². The van der Waals surface area contributed by atoms with E-state index in [1.165, 1.54) is 6.33 Å². The summed E-state index contributed by atoms with van der Waals surface area (Å²) in [6.45, 7) is 3.80. The number of nitriles is 1. The highest BCUT2D eigenvalue weighted by atomic mass is 16.1. The number of amides is 1. The molecule has 0 aliphatic carbocycles. The number of hydrogen-bond acceptors (Lipinski definition) is 7. The van der Waals surface area contributed by atoms with Crippen molar-refractivity contribution in [2.24, 2.45) is 0 Å². The highest BCUT2D eigenvalue weighted by Gasteiger charge is 2.15. The van der Waals surface area contributed by atoms with Gasteiger partial charge >= 0.3 is 0 Å². The molecule has 0 unspecified atom stereocenters. The second kappa shape index (κ2) is 9.03. The average Bonchev–Trinajstić information content (AvgIpc) is 3.36. The summed E-state index contributed by atoms with van der Waals surface area (Å²) in [7, 11) is 0. The Morgan fingerprint density at radius 2 is 1.86 bits per heavy atom. The summed E-state index contributed by atoms with van der Waals surface area (Å²) in [5.74, 6) is 0.309. The zero-order chi connectivity index (χ0) is 24.4. The quantitative estimate of drug-likeness (QED) is 0.340. The minimum atomic E-state index is -0.294. The van der Waals surface area contributed by atoms with Crippen LogP contribution in [0.25, 0.3) is 22.4 Å². The molecule has 0 fully saturated rings. The van der Waals surface area contributed by atoms with Crippen molar-refractivity contribution in [1.82, 2.24) is 24.9 Å². The molecule has 1 amide bonds. The van der Waals surface area contributed by atoms with Gasteiger partial charge in [-0.2, -0.15) is 5.26 Å². The van der Waals surface area contributed by atoms with E-state index in [1.54, 1.807) is 30.7 Å². The van der Waals surface area contributed by atoms with E-state index in [9.17, 15) is 10.1 Å². The Morgan fingerprint density at radius 1 is 1.00 bits per heavy atom. The van der Waals surface area contributed by atoms with Gasteiger partial charge in [-0.15, -0.1) is 0 Å². The van der Waals surface area contributed by atoms with Crippen LogP contribution in [0.3, 0.4) is 0 Å². The number of carbonyl (C=O) groups is 1. The molecule has 5 rings (SSSR count). The summed E-state index contributed by atoms with van der Waals surface area (Å²) in [5, 5.41) is 15.5. The fourth-order valence-corrected chi connectivity index (χ4v) is 3.71. The Balaban J connectivity index is 1.45. The number of nitrogens with one attached hydrogen (secondary N) is 3. The zero-order valence-electron chi connectivity index (χ0n) is 19.0.